The Labute approximate surface area is 161 Å². The predicted molar refractivity (Wildman–Crippen MR) is 95.4 cm³/mol. The van der Waals surface area contributed by atoms with Gasteiger partial charge in [-0.3, -0.25) is 0 Å². The zero-order valence-electron chi connectivity index (χ0n) is 14.9. The maximum absolute atomic E-state index is 10.6. The van der Waals surface area contributed by atoms with Crippen LogP contribution < -0.4 is 0 Å². The molecule has 8 heteroatoms. The van der Waals surface area contributed by atoms with E-state index in [-0.39, 0.29) is 24.7 Å². The number of rotatable bonds is 3. The molecule has 150 valence electrons. The van der Waals surface area contributed by atoms with Crippen molar-refractivity contribution in [3.8, 4) is 11.5 Å². The third-order valence-electron chi connectivity index (χ3n) is 4.86. The van der Waals surface area contributed by atoms with Crippen molar-refractivity contribution in [3.05, 3.63) is 59.7 Å². The van der Waals surface area contributed by atoms with Crippen molar-refractivity contribution in [2.45, 2.75) is 37.0 Å². The zero-order chi connectivity index (χ0) is 19.7. The minimum Gasteiger partial charge on any atom is -0.508 e. The van der Waals surface area contributed by atoms with Gasteiger partial charge in [0.1, 0.15) is 35.9 Å². The van der Waals surface area contributed by atoms with Crippen LogP contribution in [0.25, 0.3) is 0 Å². The Morgan fingerprint density at radius 2 is 1.29 bits per heavy atom. The monoisotopic (exact) mass is 390 g/mol. The second-order valence-corrected chi connectivity index (χ2v) is 6.81. The van der Waals surface area contributed by atoms with E-state index in [0.29, 0.717) is 11.1 Å². The SMILES string of the molecule is OC[C@@H]1OC(c2ccc(O)cc2)O[C@H]2[C@@H]1OC(c1ccc(O)cc1)OC[C@H]2O. The number of hydrogen-bond donors (Lipinski definition) is 4. The molecule has 2 aromatic rings. The van der Waals surface area contributed by atoms with Gasteiger partial charge >= 0.3 is 0 Å². The third kappa shape index (κ3) is 3.83. The number of aliphatic hydroxyl groups is 2. The zero-order valence-corrected chi connectivity index (χ0v) is 14.9. The third-order valence-corrected chi connectivity index (χ3v) is 4.86. The summed E-state index contributed by atoms with van der Waals surface area (Å²) in [6, 6.07) is 12.6. The van der Waals surface area contributed by atoms with Crippen molar-refractivity contribution in [2.75, 3.05) is 13.2 Å². The number of aromatic hydroxyl groups is 2. The molecule has 0 aliphatic carbocycles. The quantitative estimate of drug-likeness (QED) is 0.620. The first-order valence-electron chi connectivity index (χ1n) is 9.00. The van der Waals surface area contributed by atoms with Crippen molar-refractivity contribution in [3.63, 3.8) is 0 Å². The Kier molecular flexibility index (Phi) is 5.49. The Balaban J connectivity index is 1.57. The summed E-state index contributed by atoms with van der Waals surface area (Å²) < 4.78 is 23.5. The van der Waals surface area contributed by atoms with Crippen LogP contribution in [0.1, 0.15) is 23.7 Å². The highest BCUT2D eigenvalue weighted by molar-refractivity contribution is 5.28. The lowest BCUT2D eigenvalue weighted by atomic mass is 10.0. The summed E-state index contributed by atoms with van der Waals surface area (Å²) in [5, 5.41) is 39.3. The van der Waals surface area contributed by atoms with Gasteiger partial charge in [-0.25, -0.2) is 0 Å². The number of ether oxygens (including phenoxy) is 4. The van der Waals surface area contributed by atoms with Crippen LogP contribution in [0.2, 0.25) is 0 Å². The molecule has 6 atom stereocenters. The first kappa shape index (κ1) is 19.1. The lowest BCUT2D eigenvalue weighted by Gasteiger charge is -2.41. The van der Waals surface area contributed by atoms with Crippen molar-refractivity contribution in [1.82, 2.24) is 0 Å². The number of benzene rings is 2. The molecule has 2 fully saturated rings. The number of phenolic OH excluding ortho intramolecular Hbond substituents is 2. The molecule has 2 unspecified atom stereocenters. The van der Waals surface area contributed by atoms with Crippen LogP contribution in [0.3, 0.4) is 0 Å². The van der Waals surface area contributed by atoms with Crippen LogP contribution in [0.4, 0.5) is 0 Å². The van der Waals surface area contributed by atoms with Crippen molar-refractivity contribution < 1.29 is 39.4 Å². The Bertz CT molecular complexity index is 734. The first-order chi connectivity index (χ1) is 13.5. The minimum absolute atomic E-state index is 0.0346. The highest BCUT2D eigenvalue weighted by atomic mass is 16.8. The number of phenols is 2. The molecule has 2 aliphatic heterocycles. The van der Waals surface area contributed by atoms with E-state index in [1.165, 1.54) is 24.3 Å². The molecule has 2 saturated heterocycles. The normalized spacial score (nSPS) is 33.1. The van der Waals surface area contributed by atoms with Gasteiger partial charge in [0.25, 0.3) is 0 Å². The summed E-state index contributed by atoms with van der Waals surface area (Å²) in [5.41, 5.74) is 1.30. The fourth-order valence-electron chi connectivity index (χ4n) is 3.38. The van der Waals surface area contributed by atoms with Gasteiger partial charge in [0.2, 0.25) is 0 Å². The van der Waals surface area contributed by atoms with E-state index in [9.17, 15) is 20.4 Å². The van der Waals surface area contributed by atoms with E-state index in [1.807, 2.05) is 0 Å². The van der Waals surface area contributed by atoms with Crippen molar-refractivity contribution >= 4 is 0 Å². The molecule has 0 bridgehead atoms. The summed E-state index contributed by atoms with van der Waals surface area (Å²) >= 11 is 0. The van der Waals surface area contributed by atoms with E-state index in [4.69, 9.17) is 18.9 Å². The Morgan fingerprint density at radius 1 is 0.750 bits per heavy atom. The predicted octanol–water partition coefficient (Wildman–Crippen LogP) is 1.35. The second-order valence-electron chi connectivity index (χ2n) is 6.81. The van der Waals surface area contributed by atoms with Gasteiger partial charge in [-0.05, 0) is 24.3 Å². The van der Waals surface area contributed by atoms with Gasteiger partial charge in [-0.1, -0.05) is 24.3 Å². The molecule has 28 heavy (non-hydrogen) atoms. The molecule has 2 aliphatic rings. The summed E-state index contributed by atoms with van der Waals surface area (Å²) in [7, 11) is 0. The van der Waals surface area contributed by atoms with Gasteiger partial charge < -0.3 is 39.4 Å². The highest BCUT2D eigenvalue weighted by Gasteiger charge is 2.47. The van der Waals surface area contributed by atoms with Crippen LogP contribution in [-0.2, 0) is 18.9 Å². The van der Waals surface area contributed by atoms with Crippen molar-refractivity contribution in [1.29, 1.82) is 0 Å². The smallest absolute Gasteiger partial charge is 0.184 e. The van der Waals surface area contributed by atoms with Gasteiger partial charge in [0, 0.05) is 11.1 Å². The van der Waals surface area contributed by atoms with Crippen LogP contribution in [0.5, 0.6) is 11.5 Å². The Morgan fingerprint density at radius 3 is 1.86 bits per heavy atom. The summed E-state index contributed by atoms with van der Waals surface area (Å²) in [4.78, 5) is 0. The lowest BCUT2D eigenvalue weighted by molar-refractivity contribution is -0.322. The van der Waals surface area contributed by atoms with Gasteiger partial charge in [-0.2, -0.15) is 0 Å². The molecule has 0 amide bonds. The van der Waals surface area contributed by atoms with Crippen molar-refractivity contribution in [2.24, 2.45) is 0 Å². The van der Waals surface area contributed by atoms with E-state index < -0.39 is 37.0 Å². The average Bonchev–Trinajstić information content (AvgIpc) is 2.88. The summed E-state index contributed by atoms with van der Waals surface area (Å²) in [5.74, 6) is 0.226. The molecule has 8 nitrogen and oxygen atoms in total. The molecule has 0 spiro atoms. The lowest BCUT2D eigenvalue weighted by Crippen LogP contribution is -2.54. The van der Waals surface area contributed by atoms with Crippen LogP contribution in [0, 0.1) is 0 Å². The van der Waals surface area contributed by atoms with Gasteiger partial charge in [0.05, 0.1) is 13.2 Å². The second kappa shape index (κ2) is 8.04. The van der Waals surface area contributed by atoms with Crippen LogP contribution >= 0.6 is 0 Å². The highest BCUT2D eigenvalue weighted by Crippen LogP contribution is 2.38. The van der Waals surface area contributed by atoms with E-state index in [2.05, 4.69) is 0 Å². The molecule has 2 heterocycles. The number of hydrogen-bond acceptors (Lipinski definition) is 8. The minimum atomic E-state index is -0.996. The topological polar surface area (TPSA) is 118 Å². The summed E-state index contributed by atoms with van der Waals surface area (Å²) in [6.07, 6.45) is -4.95. The number of fused-ring (bicyclic) bond motifs is 1. The molecule has 0 radical (unpaired) electrons. The number of aliphatic hydroxyl groups excluding tert-OH is 2. The molecular weight excluding hydrogens is 368 g/mol. The van der Waals surface area contributed by atoms with Gasteiger partial charge in [0.15, 0.2) is 12.6 Å². The van der Waals surface area contributed by atoms with E-state index in [0.717, 1.165) is 0 Å². The van der Waals surface area contributed by atoms with Gasteiger partial charge in [-0.15, -0.1) is 0 Å². The average molecular weight is 390 g/mol. The van der Waals surface area contributed by atoms with Crippen LogP contribution in [-0.4, -0.2) is 58.1 Å². The maximum atomic E-state index is 10.6. The molecule has 4 rings (SSSR count). The molecular formula is C20H22O8. The van der Waals surface area contributed by atoms with E-state index >= 15 is 0 Å². The Hall–Kier alpha value is -2.20. The van der Waals surface area contributed by atoms with E-state index in [1.54, 1.807) is 24.3 Å². The molecule has 0 aromatic heterocycles. The van der Waals surface area contributed by atoms with Crippen LogP contribution in [0.15, 0.2) is 48.5 Å². The maximum Gasteiger partial charge on any atom is 0.184 e. The molecule has 4 N–H and O–H groups in total. The standard InChI is InChI=1S/C20H22O8/c21-9-16-18-17(27-20(26-16)12-3-7-14(23)8-4-12)15(24)10-25-19(28-18)11-1-5-13(22)6-2-11/h1-8,15-24H,9-10H2/t15-,16+,17-,18-,19?,20?/m1/s1. The largest absolute Gasteiger partial charge is 0.508 e. The summed E-state index contributed by atoms with van der Waals surface area (Å²) in [6.45, 7) is -0.374. The fourth-order valence-corrected chi connectivity index (χ4v) is 3.38. The first-order valence-corrected chi connectivity index (χ1v) is 9.00. The molecule has 2 aromatic carbocycles. The fraction of sp³-hybridized carbons (Fsp3) is 0.400. The molecule has 0 saturated carbocycles.